The van der Waals surface area contributed by atoms with Crippen molar-refractivity contribution in [3.05, 3.63) is 65.5 Å². The summed E-state index contributed by atoms with van der Waals surface area (Å²) >= 11 is 0. The number of hydrogen-bond acceptors (Lipinski definition) is 6. The number of nitrogens with one attached hydrogen (secondary N) is 4. The summed E-state index contributed by atoms with van der Waals surface area (Å²) in [5.74, 6) is 0. The SMILES string of the molecule is [Mn+2].c1ccc(CNCCCNCCN2CCNCc3cccc(c3)CNCC2)nc1. The van der Waals surface area contributed by atoms with Gasteiger partial charge in [-0.25, -0.2) is 0 Å². The van der Waals surface area contributed by atoms with Crippen molar-refractivity contribution in [3.63, 3.8) is 0 Å². The van der Waals surface area contributed by atoms with Gasteiger partial charge in [-0.3, -0.25) is 9.88 Å². The number of aromatic nitrogens is 1. The minimum absolute atomic E-state index is 0. The molecule has 2 bridgehead atoms. The standard InChI is InChI=1S/C23H36N6.Mn/c1-2-10-28-23(7-1)20-25-9-4-8-24-11-14-29-15-12-26-18-21-5-3-6-22(17-21)19-27-13-16-29;/h1-3,5-7,10,17,24-27H,4,8-9,11-16,18-20H2;/q;+2. The smallest absolute Gasteiger partial charge is 0.315 e. The zero-order valence-electron chi connectivity index (χ0n) is 17.9. The van der Waals surface area contributed by atoms with E-state index in [0.29, 0.717) is 0 Å². The molecule has 0 spiro atoms. The van der Waals surface area contributed by atoms with Gasteiger partial charge in [-0.15, -0.1) is 0 Å². The monoisotopic (exact) mass is 451 g/mol. The van der Waals surface area contributed by atoms with Gasteiger partial charge in [0.25, 0.3) is 0 Å². The first-order valence-corrected chi connectivity index (χ1v) is 10.9. The number of fused-ring (bicyclic) bond motifs is 2. The van der Waals surface area contributed by atoms with E-state index in [4.69, 9.17) is 0 Å². The van der Waals surface area contributed by atoms with E-state index < -0.39 is 0 Å². The Morgan fingerprint density at radius 3 is 2.30 bits per heavy atom. The second kappa shape index (κ2) is 15.5. The van der Waals surface area contributed by atoms with Crippen molar-refractivity contribution in [2.75, 3.05) is 52.4 Å². The molecular formula is C23H36MnN6+2. The van der Waals surface area contributed by atoms with Gasteiger partial charge in [-0.05, 0) is 42.8 Å². The average molecular weight is 452 g/mol. The summed E-state index contributed by atoms with van der Waals surface area (Å²) in [6.07, 6.45) is 2.98. The molecule has 30 heavy (non-hydrogen) atoms. The Balaban J connectivity index is 0.00000320. The van der Waals surface area contributed by atoms with Crippen LogP contribution in [0.2, 0.25) is 0 Å². The Hall–Kier alpha value is -1.31. The van der Waals surface area contributed by atoms with Crippen LogP contribution in [0.1, 0.15) is 23.2 Å². The van der Waals surface area contributed by atoms with E-state index >= 15 is 0 Å². The summed E-state index contributed by atoms with van der Waals surface area (Å²) in [7, 11) is 0. The maximum Gasteiger partial charge on any atom is 2.00 e. The van der Waals surface area contributed by atoms with E-state index in [9.17, 15) is 0 Å². The van der Waals surface area contributed by atoms with Crippen LogP contribution in [0.3, 0.4) is 0 Å². The molecule has 0 unspecified atom stereocenters. The number of pyridine rings is 1. The van der Waals surface area contributed by atoms with Crippen LogP contribution in [-0.2, 0) is 36.7 Å². The van der Waals surface area contributed by atoms with Crippen molar-refractivity contribution in [1.82, 2.24) is 31.2 Å². The average Bonchev–Trinajstić information content (AvgIpc) is 2.75. The first-order chi connectivity index (χ1) is 14.4. The molecule has 3 rings (SSSR count). The molecule has 0 saturated heterocycles. The molecule has 1 aromatic heterocycles. The molecular weight excluding hydrogens is 415 g/mol. The number of benzene rings is 1. The van der Waals surface area contributed by atoms with Crippen molar-refractivity contribution < 1.29 is 17.1 Å². The Morgan fingerprint density at radius 2 is 1.60 bits per heavy atom. The first kappa shape index (κ1) is 25.0. The Morgan fingerprint density at radius 1 is 0.867 bits per heavy atom. The van der Waals surface area contributed by atoms with Crippen LogP contribution in [0.5, 0.6) is 0 Å². The maximum absolute atomic E-state index is 4.33. The number of rotatable bonds is 9. The van der Waals surface area contributed by atoms with E-state index in [1.165, 1.54) is 11.1 Å². The molecule has 0 aliphatic carbocycles. The molecule has 163 valence electrons. The molecule has 2 aromatic rings. The third-order valence-corrected chi connectivity index (χ3v) is 5.20. The normalized spacial score (nSPS) is 15.6. The van der Waals surface area contributed by atoms with Crippen LogP contribution in [0, 0.1) is 0 Å². The van der Waals surface area contributed by atoms with E-state index in [0.717, 1.165) is 84.1 Å². The Bertz CT molecular complexity index is 657. The molecule has 4 N–H and O–H groups in total. The van der Waals surface area contributed by atoms with Gasteiger partial charge in [0.05, 0.1) is 5.69 Å². The quantitative estimate of drug-likeness (QED) is 0.341. The molecule has 0 amide bonds. The van der Waals surface area contributed by atoms with Gasteiger partial charge in [-0.1, -0.05) is 30.3 Å². The van der Waals surface area contributed by atoms with Crippen molar-refractivity contribution >= 4 is 0 Å². The predicted octanol–water partition coefficient (Wildman–Crippen LogP) is 1.34. The first-order valence-electron chi connectivity index (χ1n) is 10.9. The van der Waals surface area contributed by atoms with Gasteiger partial charge >= 0.3 is 17.1 Å². The molecule has 0 atom stereocenters. The van der Waals surface area contributed by atoms with Gasteiger partial charge in [0.2, 0.25) is 0 Å². The summed E-state index contributed by atoms with van der Waals surface area (Å²) in [4.78, 5) is 6.87. The fourth-order valence-electron chi connectivity index (χ4n) is 3.54. The second-order valence-electron chi connectivity index (χ2n) is 7.62. The minimum atomic E-state index is 0. The van der Waals surface area contributed by atoms with Gasteiger partial charge in [0.1, 0.15) is 0 Å². The largest absolute Gasteiger partial charge is 2.00 e. The van der Waals surface area contributed by atoms with Gasteiger partial charge < -0.3 is 21.3 Å². The van der Waals surface area contributed by atoms with Crippen molar-refractivity contribution in [3.8, 4) is 0 Å². The molecule has 7 heteroatoms. The zero-order valence-corrected chi connectivity index (χ0v) is 19.1. The topological polar surface area (TPSA) is 64.2 Å². The van der Waals surface area contributed by atoms with E-state index in [2.05, 4.69) is 61.5 Å². The third kappa shape index (κ3) is 10.1. The fourth-order valence-corrected chi connectivity index (χ4v) is 3.54. The predicted molar refractivity (Wildman–Crippen MR) is 120 cm³/mol. The van der Waals surface area contributed by atoms with Gasteiger partial charge in [0.15, 0.2) is 0 Å². The van der Waals surface area contributed by atoms with Crippen LogP contribution in [0.15, 0.2) is 48.7 Å². The van der Waals surface area contributed by atoms with Gasteiger partial charge in [0, 0.05) is 65.1 Å². The van der Waals surface area contributed by atoms with E-state index in [1.807, 2.05) is 18.3 Å². The maximum atomic E-state index is 4.33. The molecule has 0 fully saturated rings. The second-order valence-corrected chi connectivity index (χ2v) is 7.62. The zero-order chi connectivity index (χ0) is 20.0. The van der Waals surface area contributed by atoms with Crippen LogP contribution in [-0.4, -0.2) is 62.2 Å². The molecule has 2 heterocycles. The molecule has 1 aromatic carbocycles. The van der Waals surface area contributed by atoms with E-state index in [1.54, 1.807) is 0 Å². The summed E-state index contributed by atoms with van der Waals surface area (Å²) < 4.78 is 0. The van der Waals surface area contributed by atoms with Crippen LogP contribution >= 0.6 is 0 Å². The third-order valence-electron chi connectivity index (χ3n) is 5.20. The van der Waals surface area contributed by atoms with Crippen molar-refractivity contribution in [2.24, 2.45) is 0 Å². The Labute approximate surface area is 192 Å². The Kier molecular flexibility index (Phi) is 12.9. The van der Waals surface area contributed by atoms with Crippen molar-refractivity contribution in [2.45, 2.75) is 26.1 Å². The molecule has 0 saturated carbocycles. The van der Waals surface area contributed by atoms with Crippen LogP contribution in [0.25, 0.3) is 0 Å². The van der Waals surface area contributed by atoms with Crippen LogP contribution < -0.4 is 21.3 Å². The molecule has 1 aliphatic heterocycles. The number of hydrogen-bond donors (Lipinski definition) is 4. The summed E-state index contributed by atoms with van der Waals surface area (Å²) in [6, 6.07) is 14.9. The fraction of sp³-hybridized carbons (Fsp3) is 0.522. The summed E-state index contributed by atoms with van der Waals surface area (Å²) in [5.41, 5.74) is 3.84. The molecule has 1 aliphatic rings. The number of nitrogens with zero attached hydrogens (tertiary/aromatic N) is 2. The van der Waals surface area contributed by atoms with E-state index in [-0.39, 0.29) is 17.1 Å². The molecule has 1 radical (unpaired) electrons. The van der Waals surface area contributed by atoms with Crippen molar-refractivity contribution in [1.29, 1.82) is 0 Å². The minimum Gasteiger partial charge on any atom is -0.315 e. The van der Waals surface area contributed by atoms with Crippen LogP contribution in [0.4, 0.5) is 0 Å². The summed E-state index contributed by atoms with van der Waals surface area (Å²) in [5, 5.41) is 14.2. The van der Waals surface area contributed by atoms with Gasteiger partial charge in [-0.2, -0.15) is 0 Å². The molecule has 6 nitrogen and oxygen atoms in total. The summed E-state index contributed by atoms with van der Waals surface area (Å²) in [6.45, 7) is 11.2.